The van der Waals surface area contributed by atoms with Crippen molar-refractivity contribution in [2.75, 3.05) is 25.9 Å². The zero-order valence-electron chi connectivity index (χ0n) is 10.0. The van der Waals surface area contributed by atoms with Gasteiger partial charge >= 0.3 is 0 Å². The molecule has 1 amide bonds. The summed E-state index contributed by atoms with van der Waals surface area (Å²) >= 11 is 6.02. The normalized spacial score (nSPS) is 10.6. The van der Waals surface area contributed by atoms with Crippen LogP contribution in [-0.2, 0) is 11.3 Å². The van der Waals surface area contributed by atoms with Gasteiger partial charge < -0.3 is 11.1 Å². The van der Waals surface area contributed by atoms with Crippen LogP contribution in [0.1, 0.15) is 12.6 Å². The number of nitrogens with one attached hydrogen (secondary N) is 1. The number of nitrogens with zero attached hydrogens (tertiary/aromatic N) is 2. The molecule has 0 spiro atoms. The van der Waals surface area contributed by atoms with E-state index in [9.17, 15) is 4.79 Å². The fourth-order valence-corrected chi connectivity index (χ4v) is 1.55. The molecule has 94 valence electrons. The Morgan fingerprint density at radius 3 is 2.88 bits per heavy atom. The van der Waals surface area contributed by atoms with Gasteiger partial charge in [-0.05, 0) is 18.7 Å². The highest BCUT2D eigenvalue weighted by atomic mass is 35.5. The Bertz CT molecular complexity index is 397. The van der Waals surface area contributed by atoms with Crippen molar-refractivity contribution in [3.05, 3.63) is 22.8 Å². The Morgan fingerprint density at radius 2 is 2.29 bits per heavy atom. The number of halogens is 1. The number of nitrogens with two attached hydrogens (primary N) is 1. The van der Waals surface area contributed by atoms with Crippen LogP contribution in [0.3, 0.4) is 0 Å². The molecule has 0 atom stereocenters. The highest BCUT2D eigenvalue weighted by Gasteiger charge is 2.11. The quantitative estimate of drug-likeness (QED) is 0.821. The van der Waals surface area contributed by atoms with E-state index in [1.165, 1.54) is 0 Å². The van der Waals surface area contributed by atoms with Gasteiger partial charge in [0.2, 0.25) is 5.91 Å². The molecule has 0 bridgehead atoms. The summed E-state index contributed by atoms with van der Waals surface area (Å²) in [6.45, 7) is 3.54. The Morgan fingerprint density at radius 1 is 1.59 bits per heavy atom. The Hall–Kier alpha value is -1.33. The maximum absolute atomic E-state index is 11.3. The average molecular weight is 257 g/mol. The summed E-state index contributed by atoms with van der Waals surface area (Å²) in [5.41, 5.74) is 6.30. The van der Waals surface area contributed by atoms with Crippen LogP contribution in [0.2, 0.25) is 5.02 Å². The molecule has 6 heteroatoms. The lowest BCUT2D eigenvalue weighted by molar-refractivity contribution is -0.121. The number of rotatable bonds is 5. The minimum absolute atomic E-state index is 0.0353. The minimum atomic E-state index is -0.0353. The number of carbonyl (C=O) groups excluding carboxylic acids is 1. The molecule has 0 aliphatic heterocycles. The topological polar surface area (TPSA) is 71.2 Å². The molecule has 0 radical (unpaired) electrons. The van der Waals surface area contributed by atoms with Crippen molar-refractivity contribution in [3.8, 4) is 0 Å². The second-order valence-corrected chi connectivity index (χ2v) is 4.05. The van der Waals surface area contributed by atoms with Crippen LogP contribution in [0, 0.1) is 0 Å². The fourth-order valence-electron chi connectivity index (χ4n) is 1.39. The van der Waals surface area contributed by atoms with Crippen molar-refractivity contribution < 1.29 is 4.79 Å². The van der Waals surface area contributed by atoms with Crippen LogP contribution in [-0.4, -0.2) is 35.9 Å². The van der Waals surface area contributed by atoms with Gasteiger partial charge in [0, 0.05) is 13.6 Å². The van der Waals surface area contributed by atoms with Crippen LogP contribution in [0.25, 0.3) is 0 Å². The van der Waals surface area contributed by atoms with Gasteiger partial charge in [-0.15, -0.1) is 0 Å². The van der Waals surface area contributed by atoms with E-state index in [4.69, 9.17) is 17.3 Å². The monoisotopic (exact) mass is 256 g/mol. The maximum atomic E-state index is 11.3. The number of likely N-dealkylation sites (N-methyl/N-ethyl adjacent to an activating group) is 2. The molecule has 0 aromatic carbocycles. The van der Waals surface area contributed by atoms with Gasteiger partial charge in [0.1, 0.15) is 5.82 Å². The first-order valence-corrected chi connectivity index (χ1v) is 5.78. The standard InChI is InChI=1S/C11H17ClN4O/c1-3-16(7-11(17)14-2)6-9-8(12)4-5-10(13)15-9/h4-5H,3,6-7H2,1-2H3,(H2,13,15)(H,14,17). The number of hydrogen-bond donors (Lipinski definition) is 2. The zero-order valence-corrected chi connectivity index (χ0v) is 10.8. The van der Waals surface area contributed by atoms with Gasteiger partial charge in [0.25, 0.3) is 0 Å². The Labute approximate surface area is 106 Å². The van der Waals surface area contributed by atoms with Crippen molar-refractivity contribution in [1.29, 1.82) is 0 Å². The van der Waals surface area contributed by atoms with E-state index >= 15 is 0 Å². The molecule has 1 aromatic heterocycles. The molecule has 17 heavy (non-hydrogen) atoms. The first-order chi connectivity index (χ1) is 8.06. The summed E-state index contributed by atoms with van der Waals surface area (Å²) in [5.74, 6) is 0.396. The highest BCUT2D eigenvalue weighted by molar-refractivity contribution is 6.31. The molecule has 5 nitrogen and oxygen atoms in total. The summed E-state index contributed by atoms with van der Waals surface area (Å²) in [7, 11) is 1.61. The van der Waals surface area contributed by atoms with Gasteiger partial charge in [-0.1, -0.05) is 18.5 Å². The van der Waals surface area contributed by atoms with Crippen LogP contribution >= 0.6 is 11.6 Å². The maximum Gasteiger partial charge on any atom is 0.233 e. The summed E-state index contributed by atoms with van der Waals surface area (Å²) in [5, 5.41) is 3.15. The number of amides is 1. The van der Waals surface area contributed by atoms with E-state index in [1.54, 1.807) is 19.2 Å². The van der Waals surface area contributed by atoms with E-state index in [0.717, 1.165) is 6.54 Å². The van der Waals surface area contributed by atoms with Crippen molar-refractivity contribution in [2.45, 2.75) is 13.5 Å². The van der Waals surface area contributed by atoms with E-state index in [0.29, 0.717) is 29.6 Å². The number of aromatic nitrogens is 1. The smallest absolute Gasteiger partial charge is 0.233 e. The second kappa shape index (κ2) is 6.42. The number of anilines is 1. The number of pyridine rings is 1. The molecule has 1 rings (SSSR count). The summed E-state index contributed by atoms with van der Waals surface area (Å²) in [6, 6.07) is 3.37. The van der Waals surface area contributed by atoms with Crippen LogP contribution in [0.4, 0.5) is 5.82 Å². The third-order valence-corrected chi connectivity index (χ3v) is 2.75. The molecule has 0 saturated carbocycles. The largest absolute Gasteiger partial charge is 0.384 e. The number of carbonyl (C=O) groups is 1. The third kappa shape index (κ3) is 4.20. The predicted molar refractivity (Wildman–Crippen MR) is 68.7 cm³/mol. The van der Waals surface area contributed by atoms with E-state index < -0.39 is 0 Å². The molecule has 0 aliphatic carbocycles. The van der Waals surface area contributed by atoms with Gasteiger partial charge in [0.05, 0.1) is 17.3 Å². The van der Waals surface area contributed by atoms with Gasteiger partial charge in [-0.2, -0.15) is 0 Å². The molecule has 1 aromatic rings. The molecule has 0 unspecified atom stereocenters. The molecule has 0 aliphatic rings. The van der Waals surface area contributed by atoms with Gasteiger partial charge in [-0.25, -0.2) is 4.98 Å². The summed E-state index contributed by atoms with van der Waals surface area (Å²) in [6.07, 6.45) is 0. The Kier molecular flexibility index (Phi) is 5.18. The second-order valence-electron chi connectivity index (χ2n) is 3.64. The molecular weight excluding hydrogens is 240 g/mol. The summed E-state index contributed by atoms with van der Waals surface area (Å²) in [4.78, 5) is 17.4. The van der Waals surface area contributed by atoms with Crippen molar-refractivity contribution >= 4 is 23.3 Å². The first-order valence-electron chi connectivity index (χ1n) is 5.40. The number of nitrogen functional groups attached to an aromatic ring is 1. The lowest BCUT2D eigenvalue weighted by Gasteiger charge is -2.19. The van der Waals surface area contributed by atoms with Crippen molar-refractivity contribution in [1.82, 2.24) is 15.2 Å². The van der Waals surface area contributed by atoms with Crippen LogP contribution < -0.4 is 11.1 Å². The molecule has 1 heterocycles. The number of hydrogen-bond acceptors (Lipinski definition) is 4. The third-order valence-electron chi connectivity index (χ3n) is 2.41. The lowest BCUT2D eigenvalue weighted by atomic mass is 10.3. The van der Waals surface area contributed by atoms with Crippen molar-refractivity contribution in [3.63, 3.8) is 0 Å². The summed E-state index contributed by atoms with van der Waals surface area (Å²) < 4.78 is 0. The SMILES string of the molecule is CCN(CC(=O)NC)Cc1nc(N)ccc1Cl. The molecule has 0 fully saturated rings. The lowest BCUT2D eigenvalue weighted by Crippen LogP contribution is -2.35. The molecule has 0 saturated heterocycles. The van der Waals surface area contributed by atoms with E-state index in [1.807, 2.05) is 11.8 Å². The van der Waals surface area contributed by atoms with E-state index in [-0.39, 0.29) is 5.91 Å². The average Bonchev–Trinajstić information content (AvgIpc) is 2.32. The Balaban J connectivity index is 2.73. The first kappa shape index (κ1) is 13.7. The zero-order chi connectivity index (χ0) is 12.8. The highest BCUT2D eigenvalue weighted by Crippen LogP contribution is 2.16. The van der Waals surface area contributed by atoms with Gasteiger partial charge in [0.15, 0.2) is 0 Å². The predicted octanol–water partition coefficient (Wildman–Crippen LogP) is 0.885. The van der Waals surface area contributed by atoms with E-state index in [2.05, 4.69) is 10.3 Å². The van der Waals surface area contributed by atoms with Crippen LogP contribution in [0.15, 0.2) is 12.1 Å². The van der Waals surface area contributed by atoms with Gasteiger partial charge in [-0.3, -0.25) is 9.69 Å². The van der Waals surface area contributed by atoms with Crippen LogP contribution in [0.5, 0.6) is 0 Å². The fraction of sp³-hybridized carbons (Fsp3) is 0.455. The molecule has 3 N–H and O–H groups in total. The van der Waals surface area contributed by atoms with Crippen molar-refractivity contribution in [2.24, 2.45) is 0 Å². The molecular formula is C11H17ClN4O. The minimum Gasteiger partial charge on any atom is -0.384 e.